The van der Waals surface area contributed by atoms with E-state index >= 15 is 0 Å². The first-order valence-electron chi connectivity index (χ1n) is 20.8. The number of ketones is 2. The zero-order valence-corrected chi connectivity index (χ0v) is 36.5. The number of nitrogens with one attached hydrogen (secondary N) is 2. The van der Waals surface area contributed by atoms with Crippen LogP contribution in [-0.4, -0.2) is 191 Å². The molecule has 0 saturated carbocycles. The number of rotatable bonds is 12. The van der Waals surface area contributed by atoms with Crippen molar-refractivity contribution in [2.24, 2.45) is 17.6 Å². The van der Waals surface area contributed by atoms with Crippen LogP contribution in [-0.2, 0) is 47.5 Å². The van der Waals surface area contributed by atoms with Gasteiger partial charge in [0.15, 0.2) is 18.7 Å². The fraction of sp³-hybridized carbons (Fsp3) is 0.667. The lowest BCUT2D eigenvalue weighted by Crippen LogP contribution is -2.64. The fourth-order valence-electron chi connectivity index (χ4n) is 7.82. The van der Waals surface area contributed by atoms with E-state index in [9.17, 15) is 60.0 Å². The van der Waals surface area contributed by atoms with Crippen LogP contribution in [0.15, 0.2) is 58.5 Å². The molecule has 0 radical (unpaired) electrons. The summed E-state index contributed by atoms with van der Waals surface area (Å²) in [6.07, 6.45) is -14.1. The fourth-order valence-corrected chi connectivity index (χ4v) is 7.82. The van der Waals surface area contributed by atoms with Crippen molar-refractivity contribution in [2.45, 2.75) is 126 Å². The van der Waals surface area contributed by atoms with Gasteiger partial charge in [-0.2, -0.15) is 0 Å². The molecule has 4 aliphatic rings. The van der Waals surface area contributed by atoms with Crippen molar-refractivity contribution >= 4 is 23.6 Å². The van der Waals surface area contributed by atoms with Crippen LogP contribution in [0, 0.1) is 11.8 Å². The molecule has 2 bridgehead atoms. The molecule has 0 aromatic heterocycles. The normalized spacial score (nSPS) is 39.5. The Bertz CT molecular complexity index is 1800. The van der Waals surface area contributed by atoms with Gasteiger partial charge in [-0.1, -0.05) is 38.2 Å². The number of aliphatic hydroxyl groups is 8. The number of carbonyl (C=O) groups is 4. The average Bonchev–Trinajstić information content (AvgIpc) is 3.26. The largest absolute Gasteiger partial charge is 0.439 e. The molecule has 12 N–H and O–H groups in total. The number of methoxy groups -OCH3 is 2. The van der Waals surface area contributed by atoms with Crippen LogP contribution in [0.4, 0.5) is 4.79 Å². The molecule has 0 spiro atoms. The summed E-state index contributed by atoms with van der Waals surface area (Å²) in [5.41, 5.74) is 5.63. The Morgan fingerprint density at radius 2 is 1.55 bits per heavy atom. The highest BCUT2D eigenvalue weighted by atomic mass is 16.7. The molecule has 16 atom stereocenters. The average molecular weight is 914 g/mol. The number of allylic oxidation sites excluding steroid dienone is 4. The molecule has 1 aliphatic carbocycles. The van der Waals surface area contributed by atoms with E-state index in [0.29, 0.717) is 5.57 Å². The third kappa shape index (κ3) is 12.9. The van der Waals surface area contributed by atoms with Crippen LogP contribution in [0.5, 0.6) is 0 Å². The van der Waals surface area contributed by atoms with Crippen LogP contribution in [0.1, 0.15) is 40.5 Å². The Morgan fingerprint density at radius 3 is 2.17 bits per heavy atom. The topological polar surface area (TPSA) is 345 Å². The summed E-state index contributed by atoms with van der Waals surface area (Å²) < 4.78 is 38.9. The van der Waals surface area contributed by atoms with E-state index in [-0.39, 0.29) is 48.5 Å². The summed E-state index contributed by atoms with van der Waals surface area (Å²) in [7, 11) is 2.80. The molecule has 3 aliphatic heterocycles. The van der Waals surface area contributed by atoms with Crippen molar-refractivity contribution in [3.8, 4) is 0 Å². The number of primary amides is 1. The van der Waals surface area contributed by atoms with Crippen molar-refractivity contribution in [2.75, 3.05) is 40.6 Å². The van der Waals surface area contributed by atoms with E-state index in [1.54, 1.807) is 26.8 Å². The van der Waals surface area contributed by atoms with Gasteiger partial charge >= 0.3 is 6.09 Å². The maximum Gasteiger partial charge on any atom is 0.405 e. The lowest BCUT2D eigenvalue weighted by atomic mass is 9.85. The van der Waals surface area contributed by atoms with Crippen molar-refractivity contribution < 1.29 is 93.2 Å². The van der Waals surface area contributed by atoms with Gasteiger partial charge < -0.3 is 90.4 Å². The van der Waals surface area contributed by atoms with Crippen LogP contribution in [0.25, 0.3) is 0 Å². The Kier molecular flexibility index (Phi) is 19.7. The molecular weight excluding hydrogens is 850 g/mol. The summed E-state index contributed by atoms with van der Waals surface area (Å²) in [5, 5.41) is 88.9. The van der Waals surface area contributed by atoms with E-state index in [4.69, 9.17) is 38.9 Å². The van der Waals surface area contributed by atoms with Gasteiger partial charge in [0.1, 0.15) is 54.9 Å². The highest BCUT2D eigenvalue weighted by Gasteiger charge is 2.51. The molecule has 2 saturated heterocycles. The van der Waals surface area contributed by atoms with Crippen molar-refractivity contribution in [3.63, 3.8) is 0 Å². The molecule has 22 heteroatoms. The smallest absolute Gasteiger partial charge is 0.405 e. The van der Waals surface area contributed by atoms with E-state index in [1.165, 1.54) is 39.4 Å². The number of hydrogen-bond acceptors (Lipinski definition) is 20. The maximum absolute atomic E-state index is 14.1. The minimum atomic E-state index is -1.85. The SMILES string of the molecule is COC1/C=C\C=C(/C)C(=O)NC2=CC(=O)C(NCCOC3OC(CO)C(OC4OC(CO)C(O)C(O)C4O)C(O)C3O)=C(C[C@@H](C)C[C@H](OC)[C@H](O)C(C)/C=C(\C)[C@@H]1OC(N)=O)C2=O. The number of carbonyl (C=O) groups excluding carboxylic acids is 4. The number of hydrogen-bond donors (Lipinski definition) is 11. The third-order valence-corrected chi connectivity index (χ3v) is 11.4. The maximum atomic E-state index is 14.1. The second-order valence-corrected chi connectivity index (χ2v) is 16.2. The standard InChI is InChI=1S/C42H63N3O19/c1-18-12-22-29(44-10-11-60-40-36(55)34(53)38(28(17-47)62-40)63-41-35(54)33(52)32(51)27(16-46)61-41)24(48)15-23(31(22)50)45-39(56)19(2)8-7-9-25(58-5)37(64-42(43)57)21(4)14-20(3)30(49)26(13-18)59-6/h7-9,14-15,18,20,25-28,30,32-38,40-41,44,46-47,49,51-55H,10-13,16-17H2,1-6H3,(H2,43,57)(H,45,56)/b9-7-,19-8+,21-14+/t18-,20?,25?,26+,27?,28?,30-,32?,33?,34?,35?,36?,37+,38?,40?,41?/m1/s1. The number of Topliss-reactive ketones (excluding diaryl/α,β-unsaturated/α-hetero) is 1. The second-order valence-electron chi connectivity index (χ2n) is 16.2. The van der Waals surface area contributed by atoms with Crippen LogP contribution in [0.3, 0.4) is 0 Å². The first-order chi connectivity index (χ1) is 30.3. The zero-order chi connectivity index (χ0) is 47.6. The van der Waals surface area contributed by atoms with Gasteiger partial charge in [0, 0.05) is 43.9 Å². The molecule has 0 aromatic rings. The van der Waals surface area contributed by atoms with Crippen molar-refractivity contribution in [1.29, 1.82) is 0 Å². The van der Waals surface area contributed by atoms with E-state index in [0.717, 1.165) is 6.08 Å². The Labute approximate surface area is 369 Å². The molecule has 64 heavy (non-hydrogen) atoms. The van der Waals surface area contributed by atoms with Gasteiger partial charge in [0.25, 0.3) is 5.91 Å². The molecule has 12 unspecified atom stereocenters. The van der Waals surface area contributed by atoms with Gasteiger partial charge in [0.2, 0.25) is 11.6 Å². The van der Waals surface area contributed by atoms with Crippen molar-refractivity contribution in [3.05, 3.63) is 58.5 Å². The predicted octanol–water partition coefficient (Wildman–Crippen LogP) is -3.01. The summed E-state index contributed by atoms with van der Waals surface area (Å²) in [4.78, 5) is 53.0. The Balaban J connectivity index is 1.54. The molecule has 2 amide bonds. The number of nitrogens with two attached hydrogens (primary N) is 1. The molecule has 360 valence electrons. The summed E-state index contributed by atoms with van der Waals surface area (Å²) in [6, 6.07) is 0. The Morgan fingerprint density at radius 1 is 0.891 bits per heavy atom. The zero-order valence-electron chi connectivity index (χ0n) is 36.5. The highest BCUT2D eigenvalue weighted by Crippen LogP contribution is 2.31. The van der Waals surface area contributed by atoms with Gasteiger partial charge in [-0.3, -0.25) is 14.4 Å². The van der Waals surface area contributed by atoms with E-state index < -0.39 is 134 Å². The lowest BCUT2D eigenvalue weighted by Gasteiger charge is -2.45. The van der Waals surface area contributed by atoms with Crippen LogP contribution in [0.2, 0.25) is 0 Å². The van der Waals surface area contributed by atoms with Crippen LogP contribution >= 0.6 is 0 Å². The van der Waals surface area contributed by atoms with Gasteiger partial charge in [-0.15, -0.1) is 0 Å². The number of amides is 2. The van der Waals surface area contributed by atoms with E-state index in [2.05, 4.69) is 10.6 Å². The lowest BCUT2D eigenvalue weighted by molar-refractivity contribution is -0.359. The molecular formula is C42H63N3O19. The molecule has 22 nitrogen and oxygen atoms in total. The predicted molar refractivity (Wildman–Crippen MR) is 220 cm³/mol. The monoisotopic (exact) mass is 913 g/mol. The summed E-state index contributed by atoms with van der Waals surface area (Å²) in [5.74, 6) is -3.00. The second kappa shape index (κ2) is 24.0. The molecule has 2 fully saturated rings. The quantitative estimate of drug-likeness (QED) is 0.0528. The Hall–Kier alpha value is -3.98. The number of ether oxygens (including phenoxy) is 7. The third-order valence-electron chi connectivity index (χ3n) is 11.4. The number of fused-ring (bicyclic) bond motifs is 2. The van der Waals surface area contributed by atoms with Crippen LogP contribution < -0.4 is 16.4 Å². The van der Waals surface area contributed by atoms with E-state index in [1.807, 2.05) is 0 Å². The molecule has 4 rings (SSSR count). The summed E-state index contributed by atoms with van der Waals surface area (Å²) >= 11 is 0. The minimum Gasteiger partial charge on any atom is -0.439 e. The summed E-state index contributed by atoms with van der Waals surface area (Å²) in [6.45, 7) is 4.67. The van der Waals surface area contributed by atoms with Crippen molar-refractivity contribution in [1.82, 2.24) is 10.6 Å². The van der Waals surface area contributed by atoms with Gasteiger partial charge in [-0.25, -0.2) is 4.79 Å². The highest BCUT2D eigenvalue weighted by molar-refractivity contribution is 6.23. The molecule has 0 aromatic carbocycles. The van der Waals surface area contributed by atoms with Gasteiger partial charge in [-0.05, 0) is 38.2 Å². The first-order valence-corrected chi connectivity index (χ1v) is 20.8. The molecule has 3 heterocycles. The number of aliphatic hydroxyl groups excluding tert-OH is 8. The minimum absolute atomic E-state index is 0.00940. The van der Waals surface area contributed by atoms with Gasteiger partial charge in [0.05, 0.1) is 43.4 Å². The first kappa shape index (κ1) is 52.6.